The third-order valence-corrected chi connectivity index (χ3v) is 3.09. The normalized spacial score (nSPS) is 16.4. The van der Waals surface area contributed by atoms with E-state index in [1.807, 2.05) is 11.9 Å². The molecule has 1 aromatic heterocycles. The largest absolute Gasteiger partial charge is 0.368 e. The molecule has 0 unspecified atom stereocenters. The minimum absolute atomic E-state index is 0.0851. The van der Waals surface area contributed by atoms with Gasteiger partial charge in [0, 0.05) is 25.7 Å². The van der Waals surface area contributed by atoms with Crippen LogP contribution in [0.15, 0.2) is 6.07 Å². The summed E-state index contributed by atoms with van der Waals surface area (Å²) < 4.78 is 27.2. The number of nitrogens with one attached hydrogen (secondary N) is 2. The van der Waals surface area contributed by atoms with Crippen molar-refractivity contribution in [3.8, 4) is 0 Å². The molecule has 0 aromatic carbocycles. The quantitative estimate of drug-likeness (QED) is 0.863. The monoisotopic (exact) mass is 270 g/mol. The highest BCUT2D eigenvalue weighted by atomic mass is 19.1. The summed E-state index contributed by atoms with van der Waals surface area (Å²) in [5.41, 5.74) is 2.93. The third kappa shape index (κ3) is 3.76. The summed E-state index contributed by atoms with van der Waals surface area (Å²) >= 11 is 0. The first kappa shape index (κ1) is 14.0. The predicted molar refractivity (Wildman–Crippen MR) is 72.0 cm³/mol. The molecular formula is C13H20F2N4. The van der Waals surface area contributed by atoms with Crippen molar-refractivity contribution in [2.24, 2.45) is 0 Å². The molecule has 4 nitrogen and oxygen atoms in total. The summed E-state index contributed by atoms with van der Waals surface area (Å²) in [6, 6.07) is 0.872. The van der Waals surface area contributed by atoms with Gasteiger partial charge in [-0.1, -0.05) is 13.3 Å². The van der Waals surface area contributed by atoms with E-state index in [1.54, 1.807) is 0 Å². The molecule has 2 heterocycles. The number of hydrogen-bond acceptors (Lipinski definition) is 4. The summed E-state index contributed by atoms with van der Waals surface area (Å²) in [7, 11) is 0. The molecule has 0 radical (unpaired) electrons. The summed E-state index contributed by atoms with van der Waals surface area (Å²) in [5.74, 6) is -1.13. The van der Waals surface area contributed by atoms with E-state index in [2.05, 4.69) is 15.7 Å². The molecular weight excluding hydrogens is 250 g/mol. The fourth-order valence-corrected chi connectivity index (χ4v) is 2.07. The second-order valence-electron chi connectivity index (χ2n) is 4.74. The van der Waals surface area contributed by atoms with Crippen LogP contribution < -0.4 is 10.7 Å². The Morgan fingerprint density at radius 1 is 1.16 bits per heavy atom. The number of rotatable bonds is 5. The highest BCUT2D eigenvalue weighted by Gasteiger charge is 2.15. The van der Waals surface area contributed by atoms with Crippen LogP contribution in [0.2, 0.25) is 0 Å². The molecule has 0 atom stereocenters. The van der Waals surface area contributed by atoms with Gasteiger partial charge in [0.05, 0.1) is 0 Å². The molecule has 0 spiro atoms. The summed E-state index contributed by atoms with van der Waals surface area (Å²) in [6.07, 6.45) is 4.21. The van der Waals surface area contributed by atoms with Crippen molar-refractivity contribution < 1.29 is 8.78 Å². The molecule has 0 aliphatic carbocycles. The third-order valence-electron chi connectivity index (χ3n) is 3.09. The molecule has 0 saturated carbocycles. The maximum absolute atomic E-state index is 13.7. The standard InChI is InChI=1S/C13H20F2N4/c1-2-6-16-12-10(14)9-11(15)13(17-12)18-19-7-4-3-5-8-19/h9H,2-8H2,1H3,(H2,16,17,18). The first-order valence-corrected chi connectivity index (χ1v) is 6.82. The average molecular weight is 270 g/mol. The van der Waals surface area contributed by atoms with Gasteiger partial charge in [-0.15, -0.1) is 0 Å². The Balaban J connectivity index is 2.09. The van der Waals surface area contributed by atoms with Crippen LogP contribution in [0.25, 0.3) is 0 Å². The summed E-state index contributed by atoms with van der Waals surface area (Å²) in [6.45, 7) is 4.30. The number of halogens is 2. The number of pyridine rings is 1. The zero-order valence-corrected chi connectivity index (χ0v) is 11.2. The van der Waals surface area contributed by atoms with Gasteiger partial charge in [-0.05, 0) is 19.3 Å². The highest BCUT2D eigenvalue weighted by molar-refractivity contribution is 5.47. The Morgan fingerprint density at radius 3 is 2.53 bits per heavy atom. The molecule has 1 fully saturated rings. The SMILES string of the molecule is CCCNc1nc(NN2CCCCC2)c(F)cc1F. The van der Waals surface area contributed by atoms with Gasteiger partial charge in [0.2, 0.25) is 0 Å². The molecule has 0 bridgehead atoms. The van der Waals surface area contributed by atoms with Crippen molar-refractivity contribution in [2.45, 2.75) is 32.6 Å². The Morgan fingerprint density at radius 2 is 1.84 bits per heavy atom. The lowest BCUT2D eigenvalue weighted by Gasteiger charge is -2.27. The van der Waals surface area contributed by atoms with Crippen molar-refractivity contribution >= 4 is 11.6 Å². The number of hydrazine groups is 1. The van der Waals surface area contributed by atoms with Crippen LogP contribution in [0.4, 0.5) is 20.4 Å². The van der Waals surface area contributed by atoms with E-state index >= 15 is 0 Å². The maximum atomic E-state index is 13.7. The first-order valence-electron chi connectivity index (χ1n) is 6.82. The number of piperidine rings is 1. The van der Waals surface area contributed by atoms with Gasteiger partial charge in [0.15, 0.2) is 23.3 Å². The van der Waals surface area contributed by atoms with Crippen molar-refractivity contribution in [3.05, 3.63) is 17.7 Å². The van der Waals surface area contributed by atoms with Gasteiger partial charge in [0.25, 0.3) is 0 Å². The molecule has 19 heavy (non-hydrogen) atoms. The van der Waals surface area contributed by atoms with E-state index in [0.29, 0.717) is 6.54 Å². The topological polar surface area (TPSA) is 40.2 Å². The molecule has 2 N–H and O–H groups in total. The van der Waals surface area contributed by atoms with Gasteiger partial charge in [-0.25, -0.2) is 18.8 Å². The second-order valence-corrected chi connectivity index (χ2v) is 4.74. The fourth-order valence-electron chi connectivity index (χ4n) is 2.07. The van der Waals surface area contributed by atoms with Crippen molar-refractivity contribution in [1.29, 1.82) is 0 Å². The van der Waals surface area contributed by atoms with Crippen LogP contribution in [0.1, 0.15) is 32.6 Å². The van der Waals surface area contributed by atoms with Gasteiger partial charge in [-0.2, -0.15) is 0 Å². The summed E-state index contributed by atoms with van der Waals surface area (Å²) in [5, 5.41) is 4.78. The highest BCUT2D eigenvalue weighted by Crippen LogP contribution is 2.20. The average Bonchev–Trinajstić information content (AvgIpc) is 2.42. The van der Waals surface area contributed by atoms with Crippen molar-refractivity contribution in [3.63, 3.8) is 0 Å². The lowest BCUT2D eigenvalue weighted by molar-refractivity contribution is 0.270. The van der Waals surface area contributed by atoms with E-state index in [4.69, 9.17) is 0 Å². The van der Waals surface area contributed by atoms with Crippen molar-refractivity contribution in [2.75, 3.05) is 30.4 Å². The zero-order chi connectivity index (χ0) is 13.7. The Hall–Kier alpha value is -1.43. The van der Waals surface area contributed by atoms with Gasteiger partial charge in [-0.3, -0.25) is 0 Å². The van der Waals surface area contributed by atoms with E-state index < -0.39 is 11.6 Å². The molecule has 1 saturated heterocycles. The van der Waals surface area contributed by atoms with Crippen LogP contribution in [-0.4, -0.2) is 29.6 Å². The van der Waals surface area contributed by atoms with Gasteiger partial charge in [0.1, 0.15) is 0 Å². The second kappa shape index (κ2) is 6.65. The lowest BCUT2D eigenvalue weighted by atomic mass is 10.2. The van der Waals surface area contributed by atoms with E-state index in [1.165, 1.54) is 6.42 Å². The van der Waals surface area contributed by atoms with Crippen LogP contribution in [-0.2, 0) is 0 Å². The van der Waals surface area contributed by atoms with Gasteiger partial charge >= 0.3 is 0 Å². The number of anilines is 2. The summed E-state index contributed by atoms with van der Waals surface area (Å²) in [4.78, 5) is 3.99. The fraction of sp³-hybridized carbons (Fsp3) is 0.615. The minimum Gasteiger partial charge on any atom is -0.368 e. The minimum atomic E-state index is -0.662. The molecule has 106 valence electrons. The molecule has 0 amide bonds. The van der Waals surface area contributed by atoms with Crippen molar-refractivity contribution in [1.82, 2.24) is 9.99 Å². The maximum Gasteiger partial charge on any atom is 0.179 e. The Kier molecular flexibility index (Phi) is 4.90. The van der Waals surface area contributed by atoms with E-state index in [-0.39, 0.29) is 11.6 Å². The van der Waals surface area contributed by atoms with E-state index in [9.17, 15) is 8.78 Å². The first-order chi connectivity index (χ1) is 9.20. The number of aromatic nitrogens is 1. The Labute approximate surface area is 112 Å². The predicted octanol–water partition coefficient (Wildman–Crippen LogP) is 2.99. The van der Waals surface area contributed by atoms with Crippen LogP contribution in [0.5, 0.6) is 0 Å². The van der Waals surface area contributed by atoms with E-state index in [0.717, 1.165) is 38.4 Å². The molecule has 1 aromatic rings. The lowest BCUT2D eigenvalue weighted by Crippen LogP contribution is -2.35. The van der Waals surface area contributed by atoms with Crippen LogP contribution in [0, 0.1) is 11.6 Å². The number of hydrogen-bond donors (Lipinski definition) is 2. The smallest absolute Gasteiger partial charge is 0.179 e. The molecule has 6 heteroatoms. The van der Waals surface area contributed by atoms with Gasteiger partial charge < -0.3 is 10.7 Å². The molecule has 1 aliphatic heterocycles. The number of nitrogens with zero attached hydrogens (tertiary/aromatic N) is 2. The Bertz CT molecular complexity index is 419. The van der Waals surface area contributed by atoms with Crippen LogP contribution >= 0.6 is 0 Å². The molecule has 2 rings (SSSR count). The zero-order valence-electron chi connectivity index (χ0n) is 11.2. The van der Waals surface area contributed by atoms with Crippen LogP contribution in [0.3, 0.4) is 0 Å². The molecule has 1 aliphatic rings.